The van der Waals surface area contributed by atoms with Gasteiger partial charge in [0.2, 0.25) is 5.96 Å². The van der Waals surface area contributed by atoms with E-state index in [4.69, 9.17) is 43.0 Å². The molecule has 2 rings (SSSR count). The van der Waals surface area contributed by atoms with E-state index >= 15 is 0 Å². The summed E-state index contributed by atoms with van der Waals surface area (Å²) >= 11 is 0. The van der Waals surface area contributed by atoms with Gasteiger partial charge in [-0.2, -0.15) is 5.10 Å². The lowest BCUT2D eigenvalue weighted by Gasteiger charge is -2.07. The number of rotatable bonds is 5. The second kappa shape index (κ2) is 9.26. The number of nitrogens with zero attached hydrogens (tertiary/aromatic N) is 2. The minimum atomic E-state index is -2.27. The smallest absolute Gasteiger partial charge is 0.335 e. The number of aliphatic carboxylic acids is 2. The highest BCUT2D eigenvalue weighted by Crippen LogP contribution is 2.25. The van der Waals surface area contributed by atoms with Crippen molar-refractivity contribution >= 4 is 29.4 Å². The van der Waals surface area contributed by atoms with Gasteiger partial charge in [0.1, 0.15) is 5.84 Å². The fraction of sp³-hybridized carbons (Fsp3) is 0.267. The number of carboxylic acids is 2. The number of fused-ring (bicyclic) bond motifs is 1. The molecule has 0 aliphatic heterocycles. The first-order chi connectivity index (χ1) is 12.6. The van der Waals surface area contributed by atoms with Crippen molar-refractivity contribution in [3.8, 4) is 0 Å². The number of nitrogens with two attached hydrogens (primary N) is 3. The lowest BCUT2D eigenvalue weighted by molar-refractivity contribution is -0.165. The SMILES string of the molecule is N=C(N)c1cccc2c1CCC2=NN=C(N)N.O=C(O)C(O)C(O)C(=O)O. The average molecular weight is 380 g/mol. The Labute approximate surface area is 153 Å². The third-order valence-corrected chi connectivity index (χ3v) is 3.48. The van der Waals surface area contributed by atoms with Crippen LogP contribution in [0.4, 0.5) is 0 Å². The highest BCUT2D eigenvalue weighted by molar-refractivity contribution is 6.08. The van der Waals surface area contributed by atoms with Gasteiger partial charge >= 0.3 is 11.9 Å². The molecule has 1 aromatic carbocycles. The van der Waals surface area contributed by atoms with Crippen LogP contribution in [-0.4, -0.2) is 62.1 Å². The highest BCUT2D eigenvalue weighted by Gasteiger charge is 2.29. The van der Waals surface area contributed by atoms with E-state index in [0.717, 1.165) is 35.2 Å². The quantitative estimate of drug-likeness (QED) is 0.156. The highest BCUT2D eigenvalue weighted by atomic mass is 16.4. The summed E-state index contributed by atoms with van der Waals surface area (Å²) in [7, 11) is 0. The monoisotopic (exact) mass is 380 g/mol. The predicted octanol–water partition coefficient (Wildman–Crippen LogP) is -2.23. The van der Waals surface area contributed by atoms with Crippen molar-refractivity contribution in [1.29, 1.82) is 5.41 Å². The van der Waals surface area contributed by atoms with E-state index in [-0.39, 0.29) is 11.8 Å². The molecule has 0 aromatic heterocycles. The maximum atomic E-state index is 9.77. The lowest BCUT2D eigenvalue weighted by atomic mass is 10.0. The van der Waals surface area contributed by atoms with Crippen LogP contribution in [-0.2, 0) is 16.0 Å². The number of guanidine groups is 1. The zero-order chi connectivity index (χ0) is 20.7. The van der Waals surface area contributed by atoms with Crippen LogP contribution >= 0.6 is 0 Å². The van der Waals surface area contributed by atoms with Gasteiger partial charge in [-0.1, -0.05) is 18.2 Å². The number of hydrogen-bond donors (Lipinski definition) is 8. The number of nitrogens with one attached hydrogen (secondary N) is 1. The molecule has 11 N–H and O–H groups in total. The van der Waals surface area contributed by atoms with Crippen LogP contribution in [0.2, 0.25) is 0 Å². The van der Waals surface area contributed by atoms with Gasteiger partial charge in [-0.25, -0.2) is 9.59 Å². The maximum Gasteiger partial charge on any atom is 0.335 e. The second-order valence-corrected chi connectivity index (χ2v) is 5.38. The molecule has 0 saturated heterocycles. The predicted molar refractivity (Wildman–Crippen MR) is 95.4 cm³/mol. The Morgan fingerprint density at radius 2 is 1.59 bits per heavy atom. The summed E-state index contributed by atoms with van der Waals surface area (Å²) in [5.74, 6) is -3.52. The molecule has 0 saturated carbocycles. The van der Waals surface area contributed by atoms with E-state index in [0.29, 0.717) is 0 Å². The first kappa shape index (κ1) is 21.5. The lowest BCUT2D eigenvalue weighted by Crippen LogP contribution is -2.39. The zero-order valence-electron chi connectivity index (χ0n) is 14.0. The minimum absolute atomic E-state index is 0.0614. The largest absolute Gasteiger partial charge is 0.479 e. The van der Waals surface area contributed by atoms with Crippen molar-refractivity contribution < 1.29 is 30.0 Å². The molecule has 0 bridgehead atoms. The molecule has 0 fully saturated rings. The Morgan fingerprint density at radius 1 is 1.04 bits per heavy atom. The van der Waals surface area contributed by atoms with Crippen molar-refractivity contribution in [2.24, 2.45) is 27.4 Å². The van der Waals surface area contributed by atoms with E-state index in [9.17, 15) is 9.59 Å². The van der Waals surface area contributed by atoms with Crippen LogP contribution < -0.4 is 17.2 Å². The van der Waals surface area contributed by atoms with E-state index in [2.05, 4.69) is 10.2 Å². The fourth-order valence-electron chi connectivity index (χ4n) is 2.25. The summed E-state index contributed by atoms with van der Waals surface area (Å²) in [4.78, 5) is 19.5. The first-order valence-electron chi connectivity index (χ1n) is 7.50. The summed E-state index contributed by atoms with van der Waals surface area (Å²) in [6, 6.07) is 5.63. The molecule has 12 nitrogen and oxygen atoms in total. The van der Waals surface area contributed by atoms with Crippen molar-refractivity contribution in [3.63, 3.8) is 0 Å². The average Bonchev–Trinajstić information content (AvgIpc) is 3.01. The van der Waals surface area contributed by atoms with Gasteiger partial charge < -0.3 is 37.6 Å². The van der Waals surface area contributed by atoms with Gasteiger partial charge in [0.05, 0.1) is 5.71 Å². The molecule has 0 radical (unpaired) electrons. The van der Waals surface area contributed by atoms with Crippen LogP contribution in [0, 0.1) is 5.41 Å². The molecule has 2 atom stereocenters. The zero-order valence-corrected chi connectivity index (χ0v) is 14.0. The van der Waals surface area contributed by atoms with Crippen LogP contribution in [0.3, 0.4) is 0 Å². The number of carbonyl (C=O) groups is 2. The van der Waals surface area contributed by atoms with Crippen molar-refractivity contribution in [2.75, 3.05) is 0 Å². The van der Waals surface area contributed by atoms with Crippen molar-refractivity contribution in [1.82, 2.24) is 0 Å². The molecule has 12 heteroatoms. The van der Waals surface area contributed by atoms with Gasteiger partial charge in [0.15, 0.2) is 12.2 Å². The molecule has 2 unspecified atom stereocenters. The minimum Gasteiger partial charge on any atom is -0.479 e. The number of amidine groups is 1. The molecule has 0 amide bonds. The normalized spacial score (nSPS) is 15.7. The number of hydrogen-bond acceptors (Lipinski definition) is 7. The summed E-state index contributed by atoms with van der Waals surface area (Å²) in [6.45, 7) is 0. The molecular weight excluding hydrogens is 360 g/mol. The molecule has 146 valence electrons. The van der Waals surface area contributed by atoms with E-state index < -0.39 is 24.1 Å². The number of aliphatic hydroxyl groups excluding tert-OH is 2. The Kier molecular flexibility index (Phi) is 7.39. The number of aliphatic hydroxyl groups is 2. The van der Waals surface area contributed by atoms with Gasteiger partial charge in [-0.05, 0) is 18.4 Å². The fourth-order valence-corrected chi connectivity index (χ4v) is 2.25. The Balaban J connectivity index is 0.000000314. The Hall–Kier alpha value is -3.51. The second-order valence-electron chi connectivity index (χ2n) is 5.38. The van der Waals surface area contributed by atoms with Gasteiger partial charge in [0.25, 0.3) is 0 Å². The van der Waals surface area contributed by atoms with Crippen LogP contribution in [0.25, 0.3) is 0 Å². The van der Waals surface area contributed by atoms with E-state index in [1.807, 2.05) is 18.2 Å². The molecule has 1 aliphatic rings. The molecule has 0 heterocycles. The topological polar surface area (TPSA) is 242 Å². The third kappa shape index (κ3) is 5.76. The molecule has 27 heavy (non-hydrogen) atoms. The Bertz CT molecular complexity index is 784. The van der Waals surface area contributed by atoms with E-state index in [1.54, 1.807) is 0 Å². The maximum absolute atomic E-state index is 9.77. The first-order valence-corrected chi connectivity index (χ1v) is 7.50. The summed E-state index contributed by atoms with van der Waals surface area (Å²) in [6.07, 6.45) is -2.96. The summed E-state index contributed by atoms with van der Waals surface area (Å²) in [5, 5.41) is 47.7. The van der Waals surface area contributed by atoms with Gasteiger partial charge in [0, 0.05) is 11.1 Å². The van der Waals surface area contributed by atoms with Crippen LogP contribution in [0.5, 0.6) is 0 Å². The van der Waals surface area contributed by atoms with Crippen LogP contribution in [0.1, 0.15) is 23.1 Å². The third-order valence-electron chi connectivity index (χ3n) is 3.48. The van der Waals surface area contributed by atoms with E-state index in [1.165, 1.54) is 0 Å². The Morgan fingerprint density at radius 3 is 2.04 bits per heavy atom. The summed E-state index contributed by atoms with van der Waals surface area (Å²) < 4.78 is 0. The number of benzene rings is 1. The molecule has 0 spiro atoms. The van der Waals surface area contributed by atoms with Gasteiger partial charge in [-0.3, -0.25) is 5.41 Å². The molecule has 1 aliphatic carbocycles. The molecule has 1 aromatic rings. The van der Waals surface area contributed by atoms with Crippen molar-refractivity contribution in [2.45, 2.75) is 25.0 Å². The van der Waals surface area contributed by atoms with Crippen molar-refractivity contribution in [3.05, 3.63) is 34.9 Å². The number of nitrogen functional groups attached to an aromatic ring is 1. The number of carboxylic acid groups (broad SMARTS) is 2. The molecular formula is C15H20N6O6. The summed E-state index contributed by atoms with van der Waals surface area (Å²) in [5.41, 5.74) is 19.6. The van der Waals surface area contributed by atoms with Crippen LogP contribution in [0.15, 0.2) is 28.4 Å². The van der Waals surface area contributed by atoms with Gasteiger partial charge in [-0.15, -0.1) is 5.10 Å². The standard InChI is InChI=1S/C11H14N6.C4H6O6/c12-10(13)8-3-1-2-7-6(8)4-5-9(7)16-17-11(14)15;5-1(3(7)8)2(6)4(9)10/h1-3H,4-5H2,(H3,12,13)(H4,14,15,17);1-2,5-6H,(H,7,8)(H,9,10).